The topological polar surface area (TPSA) is 55.4 Å². The summed E-state index contributed by atoms with van der Waals surface area (Å²) in [5, 5.41) is 3.40. The fourth-order valence-corrected chi connectivity index (χ4v) is 4.14. The van der Waals surface area contributed by atoms with Gasteiger partial charge in [-0.05, 0) is 55.4 Å². The Morgan fingerprint density at radius 1 is 1.17 bits per heavy atom. The molecule has 2 rings (SSSR count). The smallest absolute Gasteiger partial charge is 0.341 e. The fourth-order valence-electron chi connectivity index (χ4n) is 3.00. The van der Waals surface area contributed by atoms with Crippen molar-refractivity contribution in [2.24, 2.45) is 0 Å². The zero-order chi connectivity index (χ0) is 21.8. The number of rotatable bonds is 6. The maximum atomic E-state index is 12.6. The predicted molar refractivity (Wildman–Crippen MR) is 122 cm³/mol. The van der Waals surface area contributed by atoms with Crippen LogP contribution in [0.5, 0.6) is 0 Å². The van der Waals surface area contributed by atoms with Crippen molar-refractivity contribution in [3.05, 3.63) is 57.5 Å². The van der Waals surface area contributed by atoms with Crippen molar-refractivity contribution in [2.45, 2.75) is 66.4 Å². The monoisotopic (exact) mass is 413 g/mol. The number of hydrogen-bond acceptors (Lipinski definition) is 4. The standard InChI is InChI=1S/C24H31NO3S/c1-8-19-16(4)29-22(21(19)23(27)28-15(2)3)25-20(26)14-11-17-9-12-18(13-10-17)24(5,6)7/h9-15H,8H2,1-7H3,(H,25,26). The quantitative estimate of drug-likeness (QED) is 0.457. The SMILES string of the molecule is CCc1c(C)sc(NC(=O)C=Cc2ccc(C(C)(C)C)cc2)c1C(=O)OC(C)C. The summed E-state index contributed by atoms with van der Waals surface area (Å²) in [7, 11) is 0. The Balaban J connectivity index is 2.18. The van der Waals surface area contributed by atoms with Crippen molar-refractivity contribution in [1.29, 1.82) is 0 Å². The predicted octanol–water partition coefficient (Wildman–Crippen LogP) is 6.13. The van der Waals surface area contributed by atoms with E-state index in [-0.39, 0.29) is 17.4 Å². The van der Waals surface area contributed by atoms with Crippen LogP contribution in [0.1, 0.15) is 73.5 Å². The summed E-state index contributed by atoms with van der Waals surface area (Å²) >= 11 is 1.41. The molecule has 0 aliphatic carbocycles. The molecule has 0 spiro atoms. The minimum Gasteiger partial charge on any atom is -0.459 e. The van der Waals surface area contributed by atoms with E-state index in [1.165, 1.54) is 23.0 Å². The van der Waals surface area contributed by atoms with E-state index in [0.717, 1.165) is 16.0 Å². The van der Waals surface area contributed by atoms with Gasteiger partial charge in [0.2, 0.25) is 5.91 Å². The van der Waals surface area contributed by atoms with Crippen molar-refractivity contribution in [3.8, 4) is 0 Å². The first-order valence-corrected chi connectivity index (χ1v) is 10.8. The largest absolute Gasteiger partial charge is 0.459 e. The third-order valence-electron chi connectivity index (χ3n) is 4.55. The van der Waals surface area contributed by atoms with Crippen molar-refractivity contribution >= 4 is 34.3 Å². The molecule has 0 atom stereocenters. The third kappa shape index (κ3) is 6.04. The average Bonchev–Trinajstić information content (AvgIpc) is 2.94. The minimum atomic E-state index is -0.391. The Labute approximate surface area is 178 Å². The maximum absolute atomic E-state index is 12.6. The highest BCUT2D eigenvalue weighted by molar-refractivity contribution is 7.16. The number of nitrogens with one attached hydrogen (secondary N) is 1. The van der Waals surface area contributed by atoms with E-state index in [9.17, 15) is 9.59 Å². The average molecular weight is 414 g/mol. The molecule has 0 fully saturated rings. The number of hydrogen-bond donors (Lipinski definition) is 1. The van der Waals surface area contributed by atoms with E-state index in [1.54, 1.807) is 6.08 Å². The molecule has 0 radical (unpaired) electrons. The summed E-state index contributed by atoms with van der Waals surface area (Å²) in [6.07, 6.45) is 3.75. The molecule has 156 valence electrons. The van der Waals surface area contributed by atoms with E-state index in [1.807, 2.05) is 39.8 Å². The molecule has 0 unspecified atom stereocenters. The lowest BCUT2D eigenvalue weighted by Gasteiger charge is -2.18. The molecular formula is C24H31NO3S. The van der Waals surface area contributed by atoms with E-state index >= 15 is 0 Å². The van der Waals surface area contributed by atoms with Gasteiger partial charge in [-0.2, -0.15) is 0 Å². The first-order chi connectivity index (χ1) is 13.5. The van der Waals surface area contributed by atoms with Gasteiger partial charge in [0.05, 0.1) is 11.7 Å². The zero-order valence-electron chi connectivity index (χ0n) is 18.4. The van der Waals surface area contributed by atoms with E-state index < -0.39 is 5.97 Å². The summed E-state index contributed by atoms with van der Waals surface area (Å²) in [5.74, 6) is -0.661. The number of carbonyl (C=O) groups is 2. The van der Waals surface area contributed by atoms with Crippen LogP contribution in [0, 0.1) is 6.92 Å². The van der Waals surface area contributed by atoms with Crippen LogP contribution in [0.3, 0.4) is 0 Å². The lowest BCUT2D eigenvalue weighted by molar-refractivity contribution is -0.111. The number of esters is 1. The molecule has 1 amide bonds. The molecular weight excluding hydrogens is 382 g/mol. The van der Waals surface area contributed by atoms with E-state index in [2.05, 4.69) is 38.2 Å². The number of aryl methyl sites for hydroxylation is 1. The highest BCUT2D eigenvalue weighted by Crippen LogP contribution is 2.34. The van der Waals surface area contributed by atoms with Crippen LogP contribution in [0.15, 0.2) is 30.3 Å². The summed E-state index contributed by atoms with van der Waals surface area (Å²) in [4.78, 5) is 26.0. The van der Waals surface area contributed by atoms with Gasteiger partial charge in [-0.25, -0.2) is 4.79 Å². The molecule has 1 N–H and O–H groups in total. The van der Waals surface area contributed by atoms with Crippen molar-refractivity contribution in [1.82, 2.24) is 0 Å². The van der Waals surface area contributed by atoms with Crippen LogP contribution in [0.25, 0.3) is 6.08 Å². The first-order valence-electron chi connectivity index (χ1n) is 9.95. The minimum absolute atomic E-state index is 0.0919. The number of benzene rings is 1. The van der Waals surface area contributed by atoms with Crippen LogP contribution in [0.2, 0.25) is 0 Å². The van der Waals surface area contributed by atoms with Gasteiger partial charge in [-0.1, -0.05) is 52.0 Å². The molecule has 29 heavy (non-hydrogen) atoms. The lowest BCUT2D eigenvalue weighted by Crippen LogP contribution is -2.16. The van der Waals surface area contributed by atoms with Gasteiger partial charge in [-0.15, -0.1) is 11.3 Å². The van der Waals surface area contributed by atoms with Gasteiger partial charge in [0.1, 0.15) is 5.00 Å². The van der Waals surface area contributed by atoms with Crippen LogP contribution in [0.4, 0.5) is 5.00 Å². The van der Waals surface area contributed by atoms with Gasteiger partial charge >= 0.3 is 5.97 Å². The third-order valence-corrected chi connectivity index (χ3v) is 5.61. The number of anilines is 1. The van der Waals surface area contributed by atoms with Crippen LogP contribution in [-0.4, -0.2) is 18.0 Å². The van der Waals surface area contributed by atoms with Crippen LogP contribution >= 0.6 is 11.3 Å². The second kappa shape index (κ2) is 9.40. The molecule has 1 heterocycles. The Hall–Kier alpha value is -2.40. The van der Waals surface area contributed by atoms with Gasteiger partial charge in [0.25, 0.3) is 0 Å². The summed E-state index contributed by atoms with van der Waals surface area (Å²) in [5.41, 5.74) is 3.68. The molecule has 1 aromatic heterocycles. The number of thiophene rings is 1. The van der Waals surface area contributed by atoms with Crippen molar-refractivity contribution in [3.63, 3.8) is 0 Å². The summed E-state index contributed by atoms with van der Waals surface area (Å²) in [6, 6.07) is 8.15. The number of ether oxygens (including phenoxy) is 1. The van der Waals surface area contributed by atoms with Crippen LogP contribution in [-0.2, 0) is 21.4 Å². The molecule has 0 bridgehead atoms. The molecule has 2 aromatic rings. The number of carbonyl (C=O) groups excluding carboxylic acids is 2. The highest BCUT2D eigenvalue weighted by atomic mass is 32.1. The molecule has 0 aliphatic heterocycles. The molecule has 0 aliphatic rings. The number of amides is 1. The molecule has 1 aromatic carbocycles. The second-order valence-corrected chi connectivity index (χ2v) is 9.57. The lowest BCUT2D eigenvalue weighted by atomic mass is 9.87. The molecule has 5 heteroatoms. The fraction of sp³-hybridized carbons (Fsp3) is 0.417. The van der Waals surface area contributed by atoms with Crippen molar-refractivity contribution in [2.75, 3.05) is 5.32 Å². The van der Waals surface area contributed by atoms with Gasteiger partial charge in [-0.3, -0.25) is 4.79 Å². The highest BCUT2D eigenvalue weighted by Gasteiger charge is 2.24. The Morgan fingerprint density at radius 3 is 2.31 bits per heavy atom. The molecule has 0 saturated heterocycles. The van der Waals surface area contributed by atoms with Gasteiger partial charge in [0.15, 0.2) is 0 Å². The van der Waals surface area contributed by atoms with Crippen molar-refractivity contribution < 1.29 is 14.3 Å². The normalized spacial score (nSPS) is 11.9. The van der Waals surface area contributed by atoms with Crippen LogP contribution < -0.4 is 5.32 Å². The summed E-state index contributed by atoms with van der Waals surface area (Å²) in [6.45, 7) is 14.1. The molecule has 0 saturated carbocycles. The first kappa shape index (κ1) is 22.9. The van der Waals surface area contributed by atoms with E-state index in [0.29, 0.717) is 17.0 Å². The maximum Gasteiger partial charge on any atom is 0.341 e. The van der Waals surface area contributed by atoms with Gasteiger partial charge in [0, 0.05) is 11.0 Å². The Bertz CT molecular complexity index is 899. The molecule has 4 nitrogen and oxygen atoms in total. The zero-order valence-corrected chi connectivity index (χ0v) is 19.2. The summed E-state index contributed by atoms with van der Waals surface area (Å²) < 4.78 is 5.38. The Morgan fingerprint density at radius 2 is 1.79 bits per heavy atom. The Kier molecular flexibility index (Phi) is 7.42. The second-order valence-electron chi connectivity index (χ2n) is 8.34. The van der Waals surface area contributed by atoms with E-state index in [4.69, 9.17) is 4.74 Å². The van der Waals surface area contributed by atoms with Gasteiger partial charge < -0.3 is 10.1 Å².